The highest BCUT2D eigenvalue weighted by atomic mass is 16.6. The van der Waals surface area contributed by atoms with E-state index in [0.717, 1.165) is 24.1 Å². The number of nitro benzene ring substituents is 1. The molecule has 0 radical (unpaired) electrons. The summed E-state index contributed by atoms with van der Waals surface area (Å²) in [5.74, 6) is 0.881. The third-order valence-electron chi connectivity index (χ3n) is 4.44. The van der Waals surface area contributed by atoms with Crippen molar-refractivity contribution < 1.29 is 4.92 Å². The number of nitrogens with one attached hydrogen (secondary N) is 1. The molecule has 1 aromatic carbocycles. The fourth-order valence-electron chi connectivity index (χ4n) is 3.50. The molecule has 19 heavy (non-hydrogen) atoms. The quantitative estimate of drug-likeness (QED) is 0.668. The lowest BCUT2D eigenvalue weighted by Crippen LogP contribution is -2.31. The van der Waals surface area contributed by atoms with E-state index in [1.54, 1.807) is 13.1 Å². The van der Waals surface area contributed by atoms with Gasteiger partial charge in [0.1, 0.15) is 5.69 Å². The van der Waals surface area contributed by atoms with E-state index in [4.69, 9.17) is 0 Å². The lowest BCUT2D eigenvalue weighted by atomic mass is 10.1. The topological polar surface area (TPSA) is 58.4 Å². The van der Waals surface area contributed by atoms with Gasteiger partial charge in [-0.15, -0.1) is 0 Å². The van der Waals surface area contributed by atoms with Crippen molar-refractivity contribution in [3.63, 3.8) is 0 Å². The first-order valence-corrected chi connectivity index (χ1v) is 6.86. The summed E-state index contributed by atoms with van der Waals surface area (Å²) in [6.07, 6.45) is 4.03. The molecule has 1 saturated carbocycles. The SMILES string of the molecule is CNc1cc(CN2CC3CCC2C3)ccc1[N+](=O)[O-]. The van der Waals surface area contributed by atoms with Crippen molar-refractivity contribution in [1.29, 1.82) is 0 Å². The Morgan fingerprint density at radius 3 is 2.89 bits per heavy atom. The Kier molecular flexibility index (Phi) is 3.14. The summed E-state index contributed by atoms with van der Waals surface area (Å²) in [6.45, 7) is 2.10. The minimum Gasteiger partial charge on any atom is -0.383 e. The molecular weight excluding hydrogens is 242 g/mol. The molecule has 1 aromatic rings. The maximum Gasteiger partial charge on any atom is 0.292 e. The number of piperidine rings is 1. The molecule has 2 unspecified atom stereocenters. The highest BCUT2D eigenvalue weighted by Gasteiger charge is 2.37. The number of hydrogen-bond acceptors (Lipinski definition) is 4. The molecule has 1 saturated heterocycles. The molecule has 2 fully saturated rings. The molecule has 3 rings (SSSR count). The highest BCUT2D eigenvalue weighted by molar-refractivity contribution is 5.62. The molecule has 0 amide bonds. The van der Waals surface area contributed by atoms with Crippen LogP contribution in [-0.2, 0) is 6.54 Å². The van der Waals surface area contributed by atoms with Crippen LogP contribution in [0.4, 0.5) is 11.4 Å². The van der Waals surface area contributed by atoms with Crippen molar-refractivity contribution in [2.45, 2.75) is 31.8 Å². The van der Waals surface area contributed by atoms with Gasteiger partial charge >= 0.3 is 0 Å². The zero-order valence-corrected chi connectivity index (χ0v) is 11.1. The van der Waals surface area contributed by atoms with Crippen LogP contribution in [0, 0.1) is 16.0 Å². The standard InChI is InChI=1S/C14H19N3O2/c1-15-13-7-11(3-5-14(13)17(18)19)9-16-8-10-2-4-12(16)6-10/h3,5,7,10,12,15H,2,4,6,8-9H2,1H3. The van der Waals surface area contributed by atoms with Crippen LogP contribution in [0.3, 0.4) is 0 Å². The van der Waals surface area contributed by atoms with Crippen LogP contribution >= 0.6 is 0 Å². The summed E-state index contributed by atoms with van der Waals surface area (Å²) in [5.41, 5.74) is 1.91. The van der Waals surface area contributed by atoms with Gasteiger partial charge in [0, 0.05) is 32.2 Å². The van der Waals surface area contributed by atoms with Crippen molar-refractivity contribution in [2.75, 3.05) is 18.9 Å². The number of benzene rings is 1. The molecule has 1 heterocycles. The molecule has 0 spiro atoms. The minimum atomic E-state index is -0.340. The molecule has 2 atom stereocenters. The molecule has 1 N–H and O–H groups in total. The Morgan fingerprint density at radius 1 is 1.47 bits per heavy atom. The van der Waals surface area contributed by atoms with Gasteiger partial charge in [0.2, 0.25) is 0 Å². The molecular formula is C14H19N3O2. The number of nitro groups is 1. The van der Waals surface area contributed by atoms with Crippen LogP contribution in [0.2, 0.25) is 0 Å². The van der Waals surface area contributed by atoms with E-state index >= 15 is 0 Å². The van der Waals surface area contributed by atoms with Crippen LogP contribution in [0.15, 0.2) is 18.2 Å². The lowest BCUT2D eigenvalue weighted by Gasteiger charge is -2.26. The first-order chi connectivity index (χ1) is 9.17. The Morgan fingerprint density at radius 2 is 2.32 bits per heavy atom. The largest absolute Gasteiger partial charge is 0.383 e. The van der Waals surface area contributed by atoms with Gasteiger partial charge in [0.15, 0.2) is 0 Å². The maximum atomic E-state index is 10.9. The number of anilines is 1. The van der Waals surface area contributed by atoms with Gasteiger partial charge < -0.3 is 5.32 Å². The molecule has 102 valence electrons. The fraction of sp³-hybridized carbons (Fsp3) is 0.571. The van der Waals surface area contributed by atoms with Crippen LogP contribution < -0.4 is 5.32 Å². The Hall–Kier alpha value is -1.62. The first-order valence-electron chi connectivity index (χ1n) is 6.86. The molecule has 5 nitrogen and oxygen atoms in total. The summed E-state index contributed by atoms with van der Waals surface area (Å²) in [6, 6.07) is 6.13. The average molecular weight is 261 g/mol. The second-order valence-corrected chi connectivity index (χ2v) is 5.62. The summed E-state index contributed by atoms with van der Waals surface area (Å²) in [7, 11) is 1.73. The molecule has 2 aliphatic rings. The van der Waals surface area contributed by atoms with E-state index in [2.05, 4.69) is 10.2 Å². The molecule has 5 heteroatoms. The third kappa shape index (κ3) is 2.30. The van der Waals surface area contributed by atoms with E-state index in [9.17, 15) is 10.1 Å². The van der Waals surface area contributed by atoms with Gasteiger partial charge in [-0.2, -0.15) is 0 Å². The molecule has 0 aromatic heterocycles. The van der Waals surface area contributed by atoms with Gasteiger partial charge in [-0.25, -0.2) is 0 Å². The maximum absolute atomic E-state index is 10.9. The number of rotatable bonds is 4. The van der Waals surface area contributed by atoms with E-state index in [0.29, 0.717) is 5.69 Å². The Balaban J connectivity index is 1.76. The fourth-order valence-corrected chi connectivity index (χ4v) is 3.50. The Bertz CT molecular complexity index is 503. The summed E-state index contributed by atoms with van der Waals surface area (Å²) < 4.78 is 0. The highest BCUT2D eigenvalue weighted by Crippen LogP contribution is 2.38. The second kappa shape index (κ2) is 4.81. The van der Waals surface area contributed by atoms with Crippen molar-refractivity contribution in [2.24, 2.45) is 5.92 Å². The van der Waals surface area contributed by atoms with E-state index < -0.39 is 0 Å². The van der Waals surface area contributed by atoms with Crippen molar-refractivity contribution in [1.82, 2.24) is 4.90 Å². The summed E-state index contributed by atoms with van der Waals surface area (Å²) >= 11 is 0. The Labute approximate surface area is 112 Å². The number of fused-ring (bicyclic) bond motifs is 2. The number of likely N-dealkylation sites (tertiary alicyclic amines) is 1. The number of hydrogen-bond donors (Lipinski definition) is 1. The molecule has 1 aliphatic carbocycles. The van der Waals surface area contributed by atoms with Crippen LogP contribution in [0.25, 0.3) is 0 Å². The monoisotopic (exact) mass is 261 g/mol. The van der Waals surface area contributed by atoms with Gasteiger partial charge in [-0.3, -0.25) is 15.0 Å². The lowest BCUT2D eigenvalue weighted by molar-refractivity contribution is -0.384. The summed E-state index contributed by atoms with van der Waals surface area (Å²) in [5, 5.41) is 13.8. The van der Waals surface area contributed by atoms with Crippen LogP contribution in [-0.4, -0.2) is 29.5 Å². The van der Waals surface area contributed by atoms with Gasteiger partial charge in [0.25, 0.3) is 5.69 Å². The predicted molar refractivity (Wildman–Crippen MR) is 74.2 cm³/mol. The van der Waals surface area contributed by atoms with Crippen molar-refractivity contribution >= 4 is 11.4 Å². The van der Waals surface area contributed by atoms with Gasteiger partial charge in [-0.05, 0) is 36.8 Å². The first kappa shape index (κ1) is 12.4. The molecule has 1 aliphatic heterocycles. The molecule has 2 bridgehead atoms. The minimum absolute atomic E-state index is 0.147. The third-order valence-corrected chi connectivity index (χ3v) is 4.44. The normalized spacial score (nSPS) is 25.7. The number of nitrogens with zero attached hydrogens (tertiary/aromatic N) is 2. The predicted octanol–water partition coefficient (Wildman–Crippen LogP) is 2.62. The van der Waals surface area contributed by atoms with E-state index in [1.807, 2.05) is 12.1 Å². The zero-order valence-electron chi connectivity index (χ0n) is 11.1. The van der Waals surface area contributed by atoms with Crippen LogP contribution in [0.5, 0.6) is 0 Å². The van der Waals surface area contributed by atoms with Crippen LogP contribution in [0.1, 0.15) is 24.8 Å². The van der Waals surface area contributed by atoms with Crippen molar-refractivity contribution in [3.8, 4) is 0 Å². The van der Waals surface area contributed by atoms with Gasteiger partial charge in [0.05, 0.1) is 4.92 Å². The van der Waals surface area contributed by atoms with Crippen molar-refractivity contribution in [3.05, 3.63) is 33.9 Å². The van der Waals surface area contributed by atoms with E-state index in [-0.39, 0.29) is 10.6 Å². The summed E-state index contributed by atoms with van der Waals surface area (Å²) in [4.78, 5) is 13.1. The smallest absolute Gasteiger partial charge is 0.292 e. The van der Waals surface area contributed by atoms with E-state index in [1.165, 1.54) is 25.8 Å². The van der Waals surface area contributed by atoms with Gasteiger partial charge in [-0.1, -0.05) is 6.07 Å². The average Bonchev–Trinajstić information content (AvgIpc) is 3.00. The zero-order chi connectivity index (χ0) is 13.4. The second-order valence-electron chi connectivity index (χ2n) is 5.62.